The van der Waals surface area contributed by atoms with Crippen LogP contribution in [0.2, 0.25) is 0 Å². The number of carboxylic acid groups (broad SMARTS) is 1. The van der Waals surface area contributed by atoms with Crippen molar-refractivity contribution in [1.82, 2.24) is 15.5 Å². The van der Waals surface area contributed by atoms with Crippen LogP contribution in [0, 0.1) is 0 Å². The predicted octanol–water partition coefficient (Wildman–Crippen LogP) is -1.12. The number of nitrogens with zero attached hydrogens (tertiary/aromatic N) is 1. The maximum absolute atomic E-state index is 11.9. The van der Waals surface area contributed by atoms with Gasteiger partial charge in [0.25, 0.3) is 0 Å². The Morgan fingerprint density at radius 2 is 1.67 bits per heavy atom. The van der Waals surface area contributed by atoms with Crippen LogP contribution in [0.3, 0.4) is 0 Å². The number of hydrogen-bond acceptors (Lipinski definition) is 5. The van der Waals surface area contributed by atoms with Gasteiger partial charge < -0.3 is 30.1 Å². The lowest BCUT2D eigenvalue weighted by Gasteiger charge is -2.22. The van der Waals surface area contributed by atoms with Crippen LogP contribution in [-0.4, -0.2) is 81.5 Å². The molecule has 0 aromatic heterocycles. The summed E-state index contributed by atoms with van der Waals surface area (Å²) in [6.45, 7) is 1.01. The minimum absolute atomic E-state index is 0.278. The lowest BCUT2D eigenvalue weighted by atomic mass is 10.4. The van der Waals surface area contributed by atoms with Crippen LogP contribution < -0.4 is 10.6 Å². The predicted molar refractivity (Wildman–Crippen MR) is 74.0 cm³/mol. The molecule has 9 nitrogen and oxygen atoms in total. The van der Waals surface area contributed by atoms with Crippen molar-refractivity contribution in [3.63, 3.8) is 0 Å². The Labute approximate surface area is 123 Å². The number of rotatable bonds is 11. The van der Waals surface area contributed by atoms with Gasteiger partial charge in [-0.2, -0.15) is 0 Å². The first kappa shape index (κ1) is 19.1. The molecule has 3 amide bonds. The molecule has 0 saturated carbocycles. The van der Waals surface area contributed by atoms with Crippen LogP contribution in [0.1, 0.15) is 6.42 Å². The van der Waals surface area contributed by atoms with Crippen LogP contribution >= 0.6 is 0 Å². The van der Waals surface area contributed by atoms with Crippen LogP contribution in [0.5, 0.6) is 0 Å². The average molecular weight is 305 g/mol. The third-order valence-corrected chi connectivity index (χ3v) is 2.47. The molecule has 0 aliphatic heterocycles. The van der Waals surface area contributed by atoms with Gasteiger partial charge in [0.2, 0.25) is 5.91 Å². The SMILES string of the molecule is COCCCN(CCOC)C(=O)NCC(=O)NCC(=O)O. The first-order valence-corrected chi connectivity index (χ1v) is 6.50. The highest BCUT2D eigenvalue weighted by Gasteiger charge is 2.14. The van der Waals surface area contributed by atoms with Crippen LogP contribution in [0.4, 0.5) is 4.79 Å². The Bertz CT molecular complexity index is 337. The molecule has 0 fully saturated rings. The van der Waals surface area contributed by atoms with Gasteiger partial charge >= 0.3 is 12.0 Å². The first-order chi connectivity index (χ1) is 10.0. The maximum atomic E-state index is 11.9. The summed E-state index contributed by atoms with van der Waals surface area (Å²) < 4.78 is 9.84. The highest BCUT2D eigenvalue weighted by Crippen LogP contribution is 1.94. The van der Waals surface area contributed by atoms with E-state index in [1.165, 1.54) is 12.0 Å². The third-order valence-electron chi connectivity index (χ3n) is 2.47. The molecule has 9 heteroatoms. The average Bonchev–Trinajstić information content (AvgIpc) is 2.46. The summed E-state index contributed by atoms with van der Waals surface area (Å²) in [6.07, 6.45) is 0.666. The summed E-state index contributed by atoms with van der Waals surface area (Å²) in [6, 6.07) is -0.409. The lowest BCUT2D eigenvalue weighted by Crippen LogP contribution is -2.46. The van der Waals surface area contributed by atoms with Crippen molar-refractivity contribution in [2.24, 2.45) is 0 Å². The summed E-state index contributed by atoms with van der Waals surface area (Å²) in [7, 11) is 3.11. The fraction of sp³-hybridized carbons (Fsp3) is 0.750. The highest BCUT2D eigenvalue weighted by atomic mass is 16.5. The Morgan fingerprint density at radius 1 is 1.00 bits per heavy atom. The standard InChI is InChI=1S/C12H23N3O6/c1-20-6-3-4-15(5-7-21-2)12(19)14-8-10(16)13-9-11(17)18/h3-9H2,1-2H3,(H,13,16)(H,14,19)(H,17,18). The van der Waals surface area contributed by atoms with E-state index in [2.05, 4.69) is 10.6 Å². The quantitative estimate of drug-likeness (QED) is 0.416. The Morgan fingerprint density at radius 3 is 2.24 bits per heavy atom. The van der Waals surface area contributed by atoms with E-state index in [1.807, 2.05) is 0 Å². The third kappa shape index (κ3) is 10.6. The molecule has 122 valence electrons. The fourth-order valence-electron chi connectivity index (χ4n) is 1.42. The van der Waals surface area contributed by atoms with Crippen molar-refractivity contribution in [2.45, 2.75) is 6.42 Å². The highest BCUT2D eigenvalue weighted by molar-refractivity contribution is 5.86. The van der Waals surface area contributed by atoms with E-state index in [-0.39, 0.29) is 6.54 Å². The number of carboxylic acids is 1. The van der Waals surface area contributed by atoms with E-state index in [9.17, 15) is 14.4 Å². The van der Waals surface area contributed by atoms with E-state index in [1.54, 1.807) is 7.11 Å². The Hall–Kier alpha value is -1.87. The zero-order valence-electron chi connectivity index (χ0n) is 12.4. The van der Waals surface area contributed by atoms with Crippen molar-refractivity contribution in [3.05, 3.63) is 0 Å². The second-order valence-corrected chi connectivity index (χ2v) is 4.16. The molecule has 0 rings (SSSR count). The Balaban J connectivity index is 4.12. The molecule has 0 heterocycles. The molecule has 0 spiro atoms. The summed E-state index contributed by atoms with van der Waals surface area (Å²) in [5.74, 6) is -1.70. The van der Waals surface area contributed by atoms with Gasteiger partial charge in [-0.25, -0.2) is 4.79 Å². The van der Waals surface area contributed by atoms with Crippen LogP contribution in [0.25, 0.3) is 0 Å². The van der Waals surface area contributed by atoms with Crippen molar-refractivity contribution in [3.8, 4) is 0 Å². The van der Waals surface area contributed by atoms with Crippen molar-refractivity contribution in [1.29, 1.82) is 0 Å². The molecule has 0 aliphatic rings. The molecule has 0 atom stereocenters. The molecule has 21 heavy (non-hydrogen) atoms. The number of amides is 3. The van der Waals surface area contributed by atoms with E-state index < -0.39 is 24.5 Å². The van der Waals surface area contributed by atoms with Crippen LogP contribution in [-0.2, 0) is 19.1 Å². The van der Waals surface area contributed by atoms with Gasteiger partial charge in [-0.3, -0.25) is 9.59 Å². The number of hydrogen-bond donors (Lipinski definition) is 3. The number of ether oxygens (including phenoxy) is 2. The summed E-state index contributed by atoms with van der Waals surface area (Å²) >= 11 is 0. The summed E-state index contributed by atoms with van der Waals surface area (Å²) in [5.41, 5.74) is 0. The number of urea groups is 1. The summed E-state index contributed by atoms with van der Waals surface area (Å²) in [5, 5.41) is 13.0. The zero-order chi connectivity index (χ0) is 16.1. The molecule has 0 aromatic carbocycles. The molecule has 0 saturated heterocycles. The van der Waals surface area contributed by atoms with Crippen molar-refractivity contribution < 1.29 is 29.0 Å². The smallest absolute Gasteiger partial charge is 0.322 e. The molecular formula is C12H23N3O6. The van der Waals surface area contributed by atoms with Crippen molar-refractivity contribution >= 4 is 17.9 Å². The van der Waals surface area contributed by atoms with Gasteiger partial charge in [-0.05, 0) is 6.42 Å². The first-order valence-electron chi connectivity index (χ1n) is 6.50. The molecular weight excluding hydrogens is 282 g/mol. The van der Waals surface area contributed by atoms with Gasteiger partial charge in [0.05, 0.1) is 13.2 Å². The van der Waals surface area contributed by atoms with Crippen LogP contribution in [0.15, 0.2) is 0 Å². The summed E-state index contributed by atoms with van der Waals surface area (Å²) in [4.78, 5) is 35.0. The molecule has 3 N–H and O–H groups in total. The minimum Gasteiger partial charge on any atom is -0.480 e. The topological polar surface area (TPSA) is 117 Å². The van der Waals surface area contributed by atoms with E-state index in [0.717, 1.165) is 0 Å². The fourth-order valence-corrected chi connectivity index (χ4v) is 1.42. The zero-order valence-corrected chi connectivity index (χ0v) is 12.4. The molecule has 0 bridgehead atoms. The number of nitrogens with one attached hydrogen (secondary N) is 2. The second kappa shape index (κ2) is 11.9. The maximum Gasteiger partial charge on any atom is 0.322 e. The number of carbonyl (C=O) groups excluding carboxylic acids is 2. The number of methoxy groups -OCH3 is 2. The van der Waals surface area contributed by atoms with E-state index >= 15 is 0 Å². The van der Waals surface area contributed by atoms with Gasteiger partial charge in [0, 0.05) is 33.9 Å². The van der Waals surface area contributed by atoms with Gasteiger partial charge in [0.1, 0.15) is 6.54 Å². The molecule has 0 aliphatic carbocycles. The van der Waals surface area contributed by atoms with E-state index in [4.69, 9.17) is 14.6 Å². The molecule has 0 unspecified atom stereocenters. The van der Waals surface area contributed by atoms with Gasteiger partial charge in [-0.15, -0.1) is 0 Å². The monoisotopic (exact) mass is 305 g/mol. The number of aliphatic carboxylic acids is 1. The molecule has 0 radical (unpaired) electrons. The van der Waals surface area contributed by atoms with Gasteiger partial charge in [-0.1, -0.05) is 0 Å². The molecule has 0 aromatic rings. The van der Waals surface area contributed by atoms with Gasteiger partial charge in [0.15, 0.2) is 0 Å². The number of carbonyl (C=O) groups is 3. The van der Waals surface area contributed by atoms with Crippen molar-refractivity contribution in [2.75, 3.05) is 53.6 Å². The lowest BCUT2D eigenvalue weighted by molar-refractivity contribution is -0.137. The Kier molecular flexibility index (Phi) is 10.9. The minimum atomic E-state index is -1.14. The normalized spacial score (nSPS) is 10.0. The second-order valence-electron chi connectivity index (χ2n) is 4.16. The largest absolute Gasteiger partial charge is 0.480 e. The van der Waals surface area contributed by atoms with E-state index in [0.29, 0.717) is 32.7 Å².